The topological polar surface area (TPSA) is 43.8 Å². The molecule has 2 rings (SSSR count). The van der Waals surface area contributed by atoms with Gasteiger partial charge in [-0.1, -0.05) is 12.1 Å². The minimum absolute atomic E-state index is 0.0583. The summed E-state index contributed by atoms with van der Waals surface area (Å²) in [6.45, 7) is 4.14. The molecule has 1 aromatic carbocycles. The number of anilines is 1. The standard InChI is InChI=1S/C13H18N2O2/c1-10-7-11(9-16)3-4-12(10)15-6-5-14(2)13(17)8-15/h3-4,7,16H,5-6,8-9H2,1-2H3. The number of carbonyl (C=O) groups is 1. The number of amides is 1. The van der Waals surface area contributed by atoms with E-state index in [-0.39, 0.29) is 12.5 Å². The number of nitrogens with zero attached hydrogens (tertiary/aromatic N) is 2. The molecule has 0 unspecified atom stereocenters. The average molecular weight is 234 g/mol. The van der Waals surface area contributed by atoms with Gasteiger partial charge < -0.3 is 14.9 Å². The Morgan fingerprint density at radius 1 is 1.35 bits per heavy atom. The molecule has 1 aromatic rings. The van der Waals surface area contributed by atoms with Gasteiger partial charge in [0.05, 0.1) is 13.2 Å². The van der Waals surface area contributed by atoms with Gasteiger partial charge in [0.2, 0.25) is 5.91 Å². The number of aryl methyl sites for hydroxylation is 1. The highest BCUT2D eigenvalue weighted by atomic mass is 16.3. The lowest BCUT2D eigenvalue weighted by Crippen LogP contribution is -2.48. The summed E-state index contributed by atoms with van der Waals surface area (Å²) in [6, 6.07) is 5.86. The quantitative estimate of drug-likeness (QED) is 0.822. The second-order valence-electron chi connectivity index (χ2n) is 4.52. The number of likely N-dealkylation sites (N-methyl/N-ethyl adjacent to an activating group) is 1. The molecular formula is C13H18N2O2. The maximum atomic E-state index is 11.7. The second kappa shape index (κ2) is 4.75. The summed E-state index contributed by atoms with van der Waals surface area (Å²) in [5, 5.41) is 9.07. The van der Waals surface area contributed by atoms with E-state index in [1.807, 2.05) is 32.2 Å². The minimum Gasteiger partial charge on any atom is -0.392 e. The average Bonchev–Trinajstić information content (AvgIpc) is 2.32. The van der Waals surface area contributed by atoms with Crippen LogP contribution in [0.1, 0.15) is 11.1 Å². The molecule has 0 radical (unpaired) electrons. The van der Waals surface area contributed by atoms with Crippen molar-refractivity contribution in [3.05, 3.63) is 29.3 Å². The van der Waals surface area contributed by atoms with Crippen LogP contribution in [0.15, 0.2) is 18.2 Å². The Bertz CT molecular complexity index is 431. The molecular weight excluding hydrogens is 216 g/mol. The number of rotatable bonds is 2. The van der Waals surface area contributed by atoms with Crippen molar-refractivity contribution in [1.82, 2.24) is 4.90 Å². The Morgan fingerprint density at radius 3 is 2.71 bits per heavy atom. The van der Waals surface area contributed by atoms with Gasteiger partial charge in [-0.3, -0.25) is 4.79 Å². The highest BCUT2D eigenvalue weighted by molar-refractivity contribution is 5.82. The third kappa shape index (κ3) is 2.42. The van der Waals surface area contributed by atoms with Crippen molar-refractivity contribution in [3.8, 4) is 0 Å². The van der Waals surface area contributed by atoms with E-state index in [0.717, 1.165) is 29.9 Å². The molecule has 1 amide bonds. The van der Waals surface area contributed by atoms with E-state index >= 15 is 0 Å². The summed E-state index contributed by atoms with van der Waals surface area (Å²) < 4.78 is 0. The van der Waals surface area contributed by atoms with Crippen molar-refractivity contribution in [3.63, 3.8) is 0 Å². The monoisotopic (exact) mass is 234 g/mol. The van der Waals surface area contributed by atoms with Gasteiger partial charge in [-0.25, -0.2) is 0 Å². The largest absolute Gasteiger partial charge is 0.392 e. The van der Waals surface area contributed by atoms with Crippen LogP contribution < -0.4 is 4.90 Å². The van der Waals surface area contributed by atoms with Crippen LogP contribution in [0.5, 0.6) is 0 Å². The van der Waals surface area contributed by atoms with E-state index in [1.54, 1.807) is 4.90 Å². The molecule has 1 saturated heterocycles. The van der Waals surface area contributed by atoms with E-state index < -0.39 is 0 Å². The van der Waals surface area contributed by atoms with E-state index in [4.69, 9.17) is 5.11 Å². The summed E-state index contributed by atoms with van der Waals surface area (Å²) in [4.78, 5) is 15.5. The molecule has 4 heteroatoms. The molecule has 92 valence electrons. The number of benzene rings is 1. The number of piperazine rings is 1. The van der Waals surface area contributed by atoms with Gasteiger partial charge >= 0.3 is 0 Å². The Hall–Kier alpha value is -1.55. The zero-order valence-corrected chi connectivity index (χ0v) is 10.3. The van der Waals surface area contributed by atoms with Crippen molar-refractivity contribution >= 4 is 11.6 Å². The van der Waals surface area contributed by atoms with Crippen LogP contribution in [0.25, 0.3) is 0 Å². The van der Waals surface area contributed by atoms with Crippen LogP contribution in [-0.2, 0) is 11.4 Å². The highest BCUT2D eigenvalue weighted by Gasteiger charge is 2.21. The molecule has 0 spiro atoms. The van der Waals surface area contributed by atoms with E-state index in [9.17, 15) is 4.79 Å². The third-order valence-corrected chi connectivity index (χ3v) is 3.24. The molecule has 1 heterocycles. The summed E-state index contributed by atoms with van der Waals surface area (Å²) in [5.74, 6) is 0.155. The molecule has 1 N–H and O–H groups in total. The fourth-order valence-electron chi connectivity index (χ4n) is 2.13. The van der Waals surface area contributed by atoms with Crippen LogP contribution in [-0.4, -0.2) is 42.6 Å². The molecule has 4 nitrogen and oxygen atoms in total. The summed E-state index contributed by atoms with van der Waals surface area (Å²) >= 11 is 0. The predicted molar refractivity (Wildman–Crippen MR) is 67.0 cm³/mol. The van der Waals surface area contributed by atoms with Crippen molar-refractivity contribution in [2.45, 2.75) is 13.5 Å². The zero-order chi connectivity index (χ0) is 12.4. The maximum Gasteiger partial charge on any atom is 0.241 e. The summed E-state index contributed by atoms with van der Waals surface area (Å²) in [6.07, 6.45) is 0. The minimum atomic E-state index is 0.0583. The summed E-state index contributed by atoms with van der Waals surface area (Å²) in [5.41, 5.74) is 3.10. The first-order valence-electron chi connectivity index (χ1n) is 5.81. The van der Waals surface area contributed by atoms with Crippen LogP contribution in [0, 0.1) is 6.92 Å². The van der Waals surface area contributed by atoms with Gasteiger partial charge in [0.25, 0.3) is 0 Å². The molecule has 0 aromatic heterocycles. The van der Waals surface area contributed by atoms with Crippen molar-refractivity contribution < 1.29 is 9.90 Å². The molecule has 0 aliphatic carbocycles. The molecule has 17 heavy (non-hydrogen) atoms. The Kier molecular flexibility index (Phi) is 3.33. The molecule has 1 aliphatic rings. The zero-order valence-electron chi connectivity index (χ0n) is 10.3. The van der Waals surface area contributed by atoms with E-state index in [2.05, 4.69) is 4.90 Å². The number of hydrogen-bond acceptors (Lipinski definition) is 3. The van der Waals surface area contributed by atoms with Crippen LogP contribution in [0.3, 0.4) is 0 Å². The van der Waals surface area contributed by atoms with Crippen molar-refractivity contribution in [2.75, 3.05) is 31.6 Å². The lowest BCUT2D eigenvalue weighted by Gasteiger charge is -2.34. The van der Waals surface area contributed by atoms with Gasteiger partial charge in [0.15, 0.2) is 0 Å². The summed E-state index contributed by atoms with van der Waals surface area (Å²) in [7, 11) is 1.83. The van der Waals surface area contributed by atoms with Gasteiger partial charge in [-0.2, -0.15) is 0 Å². The van der Waals surface area contributed by atoms with E-state index in [1.165, 1.54) is 0 Å². The van der Waals surface area contributed by atoms with Crippen molar-refractivity contribution in [2.24, 2.45) is 0 Å². The van der Waals surface area contributed by atoms with E-state index in [0.29, 0.717) is 6.54 Å². The highest BCUT2D eigenvalue weighted by Crippen LogP contribution is 2.22. The first-order valence-corrected chi connectivity index (χ1v) is 5.81. The van der Waals surface area contributed by atoms with Gasteiger partial charge in [-0.15, -0.1) is 0 Å². The smallest absolute Gasteiger partial charge is 0.241 e. The normalized spacial score (nSPS) is 16.5. The molecule has 1 fully saturated rings. The predicted octanol–water partition coefficient (Wildman–Crippen LogP) is 0.766. The lowest BCUT2D eigenvalue weighted by atomic mass is 10.1. The van der Waals surface area contributed by atoms with Crippen LogP contribution in [0.4, 0.5) is 5.69 Å². The van der Waals surface area contributed by atoms with Gasteiger partial charge in [0.1, 0.15) is 0 Å². The molecule has 0 atom stereocenters. The number of hydrogen-bond donors (Lipinski definition) is 1. The first kappa shape index (κ1) is 11.9. The molecule has 0 saturated carbocycles. The fraction of sp³-hybridized carbons (Fsp3) is 0.462. The SMILES string of the molecule is Cc1cc(CO)ccc1N1CCN(C)C(=O)C1. The Morgan fingerprint density at radius 2 is 2.12 bits per heavy atom. The van der Waals surface area contributed by atoms with Crippen LogP contribution in [0.2, 0.25) is 0 Å². The molecule has 1 aliphatic heterocycles. The Balaban J connectivity index is 2.20. The molecule has 0 bridgehead atoms. The maximum absolute atomic E-state index is 11.7. The lowest BCUT2D eigenvalue weighted by molar-refractivity contribution is -0.129. The van der Waals surface area contributed by atoms with Crippen molar-refractivity contribution in [1.29, 1.82) is 0 Å². The Labute approximate surface area is 101 Å². The fourth-order valence-corrected chi connectivity index (χ4v) is 2.13. The van der Waals surface area contributed by atoms with Gasteiger partial charge in [0, 0.05) is 25.8 Å². The number of aliphatic hydroxyl groups excluding tert-OH is 1. The number of carbonyl (C=O) groups excluding carboxylic acids is 1. The number of aliphatic hydroxyl groups is 1. The van der Waals surface area contributed by atoms with Gasteiger partial charge in [-0.05, 0) is 24.1 Å². The second-order valence-corrected chi connectivity index (χ2v) is 4.52. The third-order valence-electron chi connectivity index (χ3n) is 3.24. The van der Waals surface area contributed by atoms with Crippen LogP contribution >= 0.6 is 0 Å². The first-order chi connectivity index (χ1) is 8.11.